The average molecular weight is 375 g/mol. The van der Waals surface area contributed by atoms with Gasteiger partial charge in [-0.2, -0.15) is 0 Å². The molecule has 3 rings (SSSR count). The number of hydrogen-bond acceptors (Lipinski definition) is 3. The number of unbranched alkanes of at least 4 members (excludes halogenated alkanes) is 3. The summed E-state index contributed by atoms with van der Waals surface area (Å²) >= 11 is 0. The van der Waals surface area contributed by atoms with Crippen LogP contribution in [0.2, 0.25) is 0 Å². The van der Waals surface area contributed by atoms with E-state index >= 15 is 4.39 Å². The van der Waals surface area contributed by atoms with E-state index in [1.165, 1.54) is 0 Å². The molecule has 3 fully saturated rings. The van der Waals surface area contributed by atoms with Crippen LogP contribution in [-0.2, 0) is 14.2 Å². The van der Waals surface area contributed by atoms with Gasteiger partial charge in [0.25, 0.3) is 0 Å². The lowest BCUT2D eigenvalue weighted by atomic mass is 9.71. The SMILES string of the molecule is CCCCCOC1CCC2C3CCC(OCCCC)C(F)C3OC2C1F. The van der Waals surface area contributed by atoms with Crippen LogP contribution >= 0.6 is 0 Å². The Morgan fingerprint density at radius 3 is 1.73 bits per heavy atom. The highest BCUT2D eigenvalue weighted by Crippen LogP contribution is 2.49. The van der Waals surface area contributed by atoms with Gasteiger partial charge < -0.3 is 14.2 Å². The second-order valence-electron chi connectivity index (χ2n) is 8.32. The van der Waals surface area contributed by atoms with Crippen molar-refractivity contribution in [3.63, 3.8) is 0 Å². The van der Waals surface area contributed by atoms with Crippen molar-refractivity contribution in [2.24, 2.45) is 11.8 Å². The molecule has 0 aromatic rings. The molecule has 0 aromatic heterocycles. The van der Waals surface area contributed by atoms with Crippen molar-refractivity contribution in [2.45, 2.75) is 108 Å². The summed E-state index contributed by atoms with van der Waals surface area (Å²) in [6, 6.07) is 0. The van der Waals surface area contributed by atoms with Crippen molar-refractivity contribution in [2.75, 3.05) is 13.2 Å². The van der Waals surface area contributed by atoms with Crippen molar-refractivity contribution in [1.82, 2.24) is 0 Å². The highest BCUT2D eigenvalue weighted by Gasteiger charge is 2.57. The van der Waals surface area contributed by atoms with Crippen LogP contribution in [0.25, 0.3) is 0 Å². The van der Waals surface area contributed by atoms with E-state index < -0.39 is 24.6 Å². The van der Waals surface area contributed by atoms with Crippen LogP contribution in [0, 0.1) is 11.8 Å². The third-order valence-corrected chi connectivity index (χ3v) is 6.52. The van der Waals surface area contributed by atoms with E-state index in [9.17, 15) is 4.39 Å². The van der Waals surface area contributed by atoms with Gasteiger partial charge in [0, 0.05) is 13.2 Å². The van der Waals surface area contributed by atoms with Gasteiger partial charge in [0.1, 0.15) is 0 Å². The fourth-order valence-corrected chi connectivity index (χ4v) is 5.02. The van der Waals surface area contributed by atoms with Crippen molar-refractivity contribution < 1.29 is 23.0 Å². The lowest BCUT2D eigenvalue weighted by molar-refractivity contribution is -0.133. The van der Waals surface area contributed by atoms with E-state index in [4.69, 9.17) is 14.2 Å². The van der Waals surface area contributed by atoms with Crippen molar-refractivity contribution in [3.05, 3.63) is 0 Å². The first kappa shape index (κ1) is 20.5. The van der Waals surface area contributed by atoms with E-state index in [0.29, 0.717) is 13.2 Å². The molecule has 3 nitrogen and oxygen atoms in total. The Morgan fingerprint density at radius 1 is 0.731 bits per heavy atom. The number of alkyl halides is 2. The first-order valence-electron chi connectivity index (χ1n) is 10.8. The summed E-state index contributed by atoms with van der Waals surface area (Å²) in [6.07, 6.45) is 4.41. The fourth-order valence-electron chi connectivity index (χ4n) is 5.02. The monoisotopic (exact) mass is 374 g/mol. The van der Waals surface area contributed by atoms with Crippen LogP contribution in [0.3, 0.4) is 0 Å². The van der Waals surface area contributed by atoms with Gasteiger partial charge in [0.05, 0.1) is 24.4 Å². The highest BCUT2D eigenvalue weighted by molar-refractivity contribution is 5.04. The molecule has 0 bridgehead atoms. The largest absolute Gasteiger partial charge is 0.375 e. The first-order chi connectivity index (χ1) is 12.7. The predicted octanol–water partition coefficient (Wildman–Crippen LogP) is 5.01. The molecule has 0 amide bonds. The summed E-state index contributed by atoms with van der Waals surface area (Å²) in [7, 11) is 0. The molecule has 8 atom stereocenters. The minimum Gasteiger partial charge on any atom is -0.375 e. The summed E-state index contributed by atoms with van der Waals surface area (Å²) in [5, 5.41) is 0. The van der Waals surface area contributed by atoms with Gasteiger partial charge >= 0.3 is 0 Å². The summed E-state index contributed by atoms with van der Waals surface area (Å²) < 4.78 is 47.5. The second kappa shape index (κ2) is 9.79. The van der Waals surface area contributed by atoms with E-state index in [-0.39, 0.29) is 24.0 Å². The number of ether oxygens (including phenoxy) is 3. The summed E-state index contributed by atoms with van der Waals surface area (Å²) in [5.41, 5.74) is 0. The van der Waals surface area contributed by atoms with Crippen molar-refractivity contribution in [3.8, 4) is 0 Å². The van der Waals surface area contributed by atoms with Gasteiger partial charge in [-0.15, -0.1) is 0 Å². The zero-order chi connectivity index (χ0) is 18.5. The van der Waals surface area contributed by atoms with E-state index in [1.807, 2.05) is 0 Å². The molecule has 1 saturated heterocycles. The van der Waals surface area contributed by atoms with Crippen LogP contribution in [0.1, 0.15) is 71.6 Å². The van der Waals surface area contributed by atoms with E-state index in [2.05, 4.69) is 13.8 Å². The molecule has 8 unspecified atom stereocenters. The van der Waals surface area contributed by atoms with Crippen LogP contribution in [0.4, 0.5) is 8.78 Å². The number of halogens is 2. The smallest absolute Gasteiger partial charge is 0.152 e. The third-order valence-electron chi connectivity index (χ3n) is 6.52. The zero-order valence-corrected chi connectivity index (χ0v) is 16.4. The number of fused-ring (bicyclic) bond motifs is 3. The van der Waals surface area contributed by atoms with Crippen LogP contribution < -0.4 is 0 Å². The van der Waals surface area contributed by atoms with Gasteiger partial charge in [-0.05, 0) is 50.4 Å². The minimum atomic E-state index is -1.13. The molecular weight excluding hydrogens is 338 g/mol. The summed E-state index contributed by atoms with van der Waals surface area (Å²) in [5.74, 6) is 0.278. The highest BCUT2D eigenvalue weighted by atomic mass is 19.1. The van der Waals surface area contributed by atoms with Crippen LogP contribution in [0.15, 0.2) is 0 Å². The van der Waals surface area contributed by atoms with E-state index in [1.54, 1.807) is 0 Å². The quantitative estimate of drug-likeness (QED) is 0.531. The molecule has 0 aromatic carbocycles. The molecule has 0 spiro atoms. The Hall–Kier alpha value is -0.260. The van der Waals surface area contributed by atoms with Crippen LogP contribution in [0.5, 0.6) is 0 Å². The molecule has 1 aliphatic heterocycles. The Morgan fingerprint density at radius 2 is 1.23 bits per heavy atom. The Labute approximate surface area is 157 Å². The molecular formula is C21H36F2O3. The number of rotatable bonds is 9. The van der Waals surface area contributed by atoms with Gasteiger partial charge in [-0.1, -0.05) is 33.1 Å². The second-order valence-corrected chi connectivity index (χ2v) is 8.32. The van der Waals surface area contributed by atoms with Crippen LogP contribution in [-0.4, -0.2) is 50.0 Å². The molecule has 152 valence electrons. The standard InChI is InChI=1S/C21H36F2O3/c1-3-5-7-13-25-17-11-9-15-14-8-10-16(24-12-6-4-2)18(22)20(14)26-21(15)19(17)23/h14-21H,3-13H2,1-2H3. The topological polar surface area (TPSA) is 27.7 Å². The molecule has 1 heterocycles. The molecule has 26 heavy (non-hydrogen) atoms. The molecule has 5 heteroatoms. The maximum absolute atomic E-state index is 15.0. The lowest BCUT2D eigenvalue weighted by Crippen LogP contribution is -2.45. The Balaban J connectivity index is 1.54. The fraction of sp³-hybridized carbons (Fsp3) is 1.00. The molecule has 2 saturated carbocycles. The van der Waals surface area contributed by atoms with E-state index in [0.717, 1.165) is 57.8 Å². The first-order valence-corrected chi connectivity index (χ1v) is 10.8. The van der Waals surface area contributed by atoms with Gasteiger partial charge in [0.2, 0.25) is 0 Å². The van der Waals surface area contributed by atoms with Gasteiger partial charge in [0.15, 0.2) is 12.3 Å². The lowest BCUT2D eigenvalue weighted by Gasteiger charge is -2.37. The number of hydrogen-bond donors (Lipinski definition) is 0. The predicted molar refractivity (Wildman–Crippen MR) is 97.8 cm³/mol. The maximum Gasteiger partial charge on any atom is 0.152 e. The Kier molecular flexibility index (Phi) is 7.71. The van der Waals surface area contributed by atoms with Gasteiger partial charge in [-0.3, -0.25) is 0 Å². The summed E-state index contributed by atoms with van der Waals surface area (Å²) in [4.78, 5) is 0. The Bertz CT molecular complexity index is 422. The van der Waals surface area contributed by atoms with Crippen molar-refractivity contribution in [1.29, 1.82) is 0 Å². The average Bonchev–Trinajstić information content (AvgIpc) is 3.03. The molecule has 3 aliphatic rings. The molecule has 0 N–H and O–H groups in total. The minimum absolute atomic E-state index is 0.139. The third kappa shape index (κ3) is 4.41. The molecule has 2 aliphatic carbocycles. The summed E-state index contributed by atoms with van der Waals surface area (Å²) in [6.45, 7) is 5.46. The van der Waals surface area contributed by atoms with Gasteiger partial charge in [-0.25, -0.2) is 8.78 Å². The zero-order valence-electron chi connectivity index (χ0n) is 16.4. The van der Waals surface area contributed by atoms with Crippen molar-refractivity contribution >= 4 is 0 Å². The molecule has 0 radical (unpaired) electrons. The maximum atomic E-state index is 15.0. The normalized spacial score (nSPS) is 42.5.